The highest BCUT2D eigenvalue weighted by Crippen LogP contribution is 2.35. The van der Waals surface area contributed by atoms with Crippen molar-refractivity contribution < 1.29 is 9.59 Å². The van der Waals surface area contributed by atoms with Gasteiger partial charge in [-0.25, -0.2) is 0 Å². The molecule has 0 saturated carbocycles. The van der Waals surface area contributed by atoms with Gasteiger partial charge in [0.2, 0.25) is 5.91 Å². The lowest BCUT2D eigenvalue weighted by Gasteiger charge is -2.38. The van der Waals surface area contributed by atoms with Crippen molar-refractivity contribution in [1.82, 2.24) is 9.80 Å². The highest BCUT2D eigenvalue weighted by atomic mass is 32.1. The third-order valence-corrected chi connectivity index (χ3v) is 7.28. The lowest BCUT2D eigenvalue weighted by molar-refractivity contribution is -0.139. The maximum atomic E-state index is 13.0. The van der Waals surface area contributed by atoms with Gasteiger partial charge < -0.3 is 9.80 Å². The number of hydrogen-bond acceptors (Lipinski definition) is 4. The van der Waals surface area contributed by atoms with Crippen molar-refractivity contribution in [2.45, 2.75) is 32.2 Å². The summed E-state index contributed by atoms with van der Waals surface area (Å²) in [6, 6.07) is 6.11. The van der Waals surface area contributed by atoms with E-state index < -0.39 is 0 Å². The third-order valence-electron chi connectivity index (χ3n) is 5.42. The number of rotatable bonds is 2. The van der Waals surface area contributed by atoms with Gasteiger partial charge in [0.05, 0.1) is 10.9 Å². The molecule has 0 aliphatic carbocycles. The van der Waals surface area contributed by atoms with Crippen molar-refractivity contribution in [1.29, 1.82) is 0 Å². The summed E-state index contributed by atoms with van der Waals surface area (Å²) in [6.07, 6.45) is 2.52. The fourth-order valence-electron chi connectivity index (χ4n) is 3.93. The van der Waals surface area contributed by atoms with E-state index in [1.807, 2.05) is 22.4 Å². The molecule has 2 amide bonds. The molecule has 1 fully saturated rings. The van der Waals surface area contributed by atoms with Gasteiger partial charge in [0, 0.05) is 30.4 Å². The van der Waals surface area contributed by atoms with Crippen molar-refractivity contribution in [2.75, 3.05) is 19.6 Å². The van der Waals surface area contributed by atoms with E-state index in [2.05, 4.69) is 23.3 Å². The molecule has 0 aromatic carbocycles. The molecule has 1 saturated heterocycles. The van der Waals surface area contributed by atoms with Crippen LogP contribution < -0.4 is 0 Å². The molecule has 25 heavy (non-hydrogen) atoms. The zero-order chi connectivity index (χ0) is 17.4. The van der Waals surface area contributed by atoms with Crippen molar-refractivity contribution >= 4 is 34.5 Å². The van der Waals surface area contributed by atoms with E-state index >= 15 is 0 Å². The van der Waals surface area contributed by atoms with Gasteiger partial charge in [-0.1, -0.05) is 6.07 Å². The van der Waals surface area contributed by atoms with Crippen LogP contribution in [0.1, 0.15) is 45.9 Å². The zero-order valence-corrected chi connectivity index (χ0v) is 15.9. The van der Waals surface area contributed by atoms with Gasteiger partial charge in [-0.2, -0.15) is 0 Å². The van der Waals surface area contributed by atoms with Crippen LogP contribution in [-0.4, -0.2) is 41.2 Å². The van der Waals surface area contributed by atoms with E-state index in [1.54, 1.807) is 11.3 Å². The molecule has 2 aliphatic heterocycles. The van der Waals surface area contributed by atoms with Gasteiger partial charge in [-0.3, -0.25) is 9.59 Å². The number of carbonyl (C=O) groups excluding carboxylic acids is 2. The Morgan fingerprint density at radius 2 is 1.88 bits per heavy atom. The summed E-state index contributed by atoms with van der Waals surface area (Å²) in [5, 5.41) is 4.06. The van der Waals surface area contributed by atoms with Crippen LogP contribution in [0.4, 0.5) is 0 Å². The number of thiophene rings is 2. The molecule has 2 aromatic rings. The SMILES string of the molecule is C[C@H]1c2ccsc2CCN1C(=O)C1CCN(C(=O)c2cccs2)CC1. The first kappa shape index (κ1) is 16.8. The number of fused-ring (bicyclic) bond motifs is 1. The summed E-state index contributed by atoms with van der Waals surface area (Å²) in [4.78, 5) is 31.6. The summed E-state index contributed by atoms with van der Waals surface area (Å²) in [7, 11) is 0. The fourth-order valence-corrected chi connectivity index (χ4v) is 5.58. The van der Waals surface area contributed by atoms with E-state index in [1.165, 1.54) is 21.8 Å². The number of amides is 2. The molecule has 4 rings (SSSR count). The van der Waals surface area contributed by atoms with Crippen LogP contribution in [0.3, 0.4) is 0 Å². The quantitative estimate of drug-likeness (QED) is 0.802. The predicted octanol–water partition coefficient (Wildman–Crippen LogP) is 3.81. The minimum Gasteiger partial charge on any atom is -0.338 e. The van der Waals surface area contributed by atoms with E-state index in [0.29, 0.717) is 13.1 Å². The molecule has 0 spiro atoms. The molecule has 4 heterocycles. The second kappa shape index (κ2) is 6.92. The van der Waals surface area contributed by atoms with Crippen molar-refractivity contribution in [3.8, 4) is 0 Å². The molecule has 2 aromatic heterocycles. The molecule has 2 aliphatic rings. The summed E-state index contributed by atoms with van der Waals surface area (Å²) < 4.78 is 0. The van der Waals surface area contributed by atoms with Crippen molar-refractivity contribution in [3.63, 3.8) is 0 Å². The van der Waals surface area contributed by atoms with Crippen molar-refractivity contribution in [3.05, 3.63) is 44.3 Å². The number of carbonyl (C=O) groups is 2. The topological polar surface area (TPSA) is 40.6 Å². The van der Waals surface area contributed by atoms with Crippen LogP contribution >= 0.6 is 22.7 Å². The maximum absolute atomic E-state index is 13.0. The van der Waals surface area contributed by atoms with E-state index in [0.717, 1.165) is 30.7 Å². The van der Waals surface area contributed by atoms with Gasteiger partial charge in [-0.15, -0.1) is 22.7 Å². The Labute approximate surface area is 156 Å². The van der Waals surface area contributed by atoms with Gasteiger partial charge >= 0.3 is 0 Å². The van der Waals surface area contributed by atoms with E-state index in [-0.39, 0.29) is 23.8 Å². The normalized spacial score (nSPS) is 21.2. The first-order valence-electron chi connectivity index (χ1n) is 8.84. The van der Waals surface area contributed by atoms with Crippen molar-refractivity contribution in [2.24, 2.45) is 5.92 Å². The molecule has 1 atom stereocenters. The number of likely N-dealkylation sites (tertiary alicyclic amines) is 1. The molecule has 6 heteroatoms. The van der Waals surface area contributed by atoms with Gasteiger partial charge in [0.1, 0.15) is 0 Å². The number of nitrogens with zero attached hydrogens (tertiary/aromatic N) is 2. The van der Waals surface area contributed by atoms with Crippen LogP contribution in [0.15, 0.2) is 29.0 Å². The average molecular weight is 375 g/mol. The van der Waals surface area contributed by atoms with E-state index in [9.17, 15) is 9.59 Å². The van der Waals surface area contributed by atoms with Crippen LogP contribution in [0, 0.1) is 5.92 Å². The van der Waals surface area contributed by atoms with E-state index in [4.69, 9.17) is 0 Å². The first-order valence-corrected chi connectivity index (χ1v) is 10.6. The van der Waals surface area contributed by atoms with Crippen LogP contribution in [0.25, 0.3) is 0 Å². The zero-order valence-electron chi connectivity index (χ0n) is 14.3. The predicted molar refractivity (Wildman–Crippen MR) is 101 cm³/mol. The summed E-state index contributed by atoms with van der Waals surface area (Å²) in [5.74, 6) is 0.428. The highest BCUT2D eigenvalue weighted by Gasteiger charge is 2.35. The number of hydrogen-bond donors (Lipinski definition) is 0. The first-order chi connectivity index (χ1) is 12.1. The standard InChI is InChI=1S/C19H22N2O2S2/c1-13-15-7-12-25-16(15)6-10-21(13)18(22)14-4-8-20(9-5-14)19(23)17-3-2-11-24-17/h2-3,7,11-14H,4-6,8-10H2,1H3/t13-/m0/s1. The molecule has 0 N–H and O–H groups in total. The Hall–Kier alpha value is -1.66. The second-order valence-corrected chi connectivity index (χ2v) is 8.75. The molecular formula is C19H22N2O2S2. The molecule has 0 unspecified atom stereocenters. The monoisotopic (exact) mass is 374 g/mol. The largest absolute Gasteiger partial charge is 0.338 e. The maximum Gasteiger partial charge on any atom is 0.263 e. The summed E-state index contributed by atoms with van der Waals surface area (Å²) in [6.45, 7) is 4.32. The van der Waals surface area contributed by atoms with Crippen LogP contribution in [-0.2, 0) is 11.2 Å². The van der Waals surface area contributed by atoms with Crippen LogP contribution in [0.2, 0.25) is 0 Å². The molecule has 4 nitrogen and oxygen atoms in total. The molecular weight excluding hydrogens is 352 g/mol. The summed E-state index contributed by atoms with van der Waals surface area (Å²) >= 11 is 3.28. The molecule has 132 valence electrons. The lowest BCUT2D eigenvalue weighted by Crippen LogP contribution is -2.46. The Morgan fingerprint density at radius 3 is 2.60 bits per heavy atom. The Bertz CT molecular complexity index is 760. The Kier molecular flexibility index (Phi) is 4.65. The Morgan fingerprint density at radius 1 is 1.08 bits per heavy atom. The van der Waals surface area contributed by atoms with Gasteiger partial charge in [0.25, 0.3) is 5.91 Å². The highest BCUT2D eigenvalue weighted by molar-refractivity contribution is 7.12. The third kappa shape index (κ3) is 3.13. The van der Waals surface area contributed by atoms with Gasteiger partial charge in [0.15, 0.2) is 0 Å². The van der Waals surface area contributed by atoms with Gasteiger partial charge in [-0.05, 0) is 54.6 Å². The Balaban J connectivity index is 1.38. The minimum absolute atomic E-state index is 0.0509. The van der Waals surface area contributed by atoms with Crippen LogP contribution in [0.5, 0.6) is 0 Å². The average Bonchev–Trinajstić information content (AvgIpc) is 3.33. The fraction of sp³-hybridized carbons (Fsp3) is 0.474. The molecule has 0 bridgehead atoms. The smallest absolute Gasteiger partial charge is 0.263 e. The molecule has 0 radical (unpaired) electrons. The minimum atomic E-state index is 0.0509. The second-order valence-electron chi connectivity index (χ2n) is 6.80. The number of piperidine rings is 1. The lowest BCUT2D eigenvalue weighted by atomic mass is 9.92. The summed E-state index contributed by atoms with van der Waals surface area (Å²) in [5.41, 5.74) is 1.31.